The van der Waals surface area contributed by atoms with E-state index in [0.29, 0.717) is 5.75 Å². The lowest BCUT2D eigenvalue weighted by Gasteiger charge is -2.05. The third-order valence-electron chi connectivity index (χ3n) is 2.30. The average molecular weight is 282 g/mol. The van der Waals surface area contributed by atoms with Crippen LogP contribution in [0.4, 0.5) is 0 Å². The number of rotatable bonds is 5. The summed E-state index contributed by atoms with van der Waals surface area (Å²) < 4.78 is 30.5. The highest BCUT2D eigenvalue weighted by Gasteiger charge is 2.13. The first-order valence-electron chi connectivity index (χ1n) is 5.91. The van der Waals surface area contributed by atoms with Crippen molar-refractivity contribution in [1.82, 2.24) is 9.71 Å². The van der Waals surface area contributed by atoms with E-state index in [1.165, 1.54) is 0 Å². The minimum atomic E-state index is -3.25. The number of aryl methyl sites for hydroxylation is 1. The summed E-state index contributed by atoms with van der Waals surface area (Å²) in [5.74, 6) is 6.07. The second-order valence-corrected chi connectivity index (χ2v) is 6.51. The molecule has 1 heterocycles. The molecule has 104 valence electrons. The molecule has 1 rings (SSSR count). The number of nitrogens with zero attached hydrogens (tertiary/aromatic N) is 1. The minimum absolute atomic E-state index is 0.0933. The number of aromatic nitrogens is 1. The van der Waals surface area contributed by atoms with E-state index in [9.17, 15) is 8.42 Å². The molecule has 0 fully saturated rings. The predicted molar refractivity (Wildman–Crippen MR) is 74.3 cm³/mol. The molecular weight excluding hydrogens is 264 g/mol. The second kappa shape index (κ2) is 7.12. The van der Waals surface area contributed by atoms with Crippen LogP contribution in [-0.2, 0) is 10.0 Å². The van der Waals surface area contributed by atoms with Crippen LogP contribution < -0.4 is 9.46 Å². The molecule has 0 atom stereocenters. The largest absolute Gasteiger partial charge is 0.479 e. The monoisotopic (exact) mass is 282 g/mol. The van der Waals surface area contributed by atoms with Crippen LogP contribution in [-0.4, -0.2) is 31.8 Å². The van der Waals surface area contributed by atoms with Gasteiger partial charge in [0, 0.05) is 5.69 Å². The molecule has 1 N–H and O–H groups in total. The molecule has 0 bridgehead atoms. The lowest BCUT2D eigenvalue weighted by atomic mass is 10.4. The maximum absolute atomic E-state index is 11.4. The lowest BCUT2D eigenvalue weighted by Crippen LogP contribution is -2.31. The summed E-state index contributed by atoms with van der Waals surface area (Å²) in [6, 6.07) is 3.66. The normalized spacial score (nSPS) is 10.9. The summed E-state index contributed by atoms with van der Waals surface area (Å²) in [4.78, 5) is 4.08. The topological polar surface area (TPSA) is 68.3 Å². The highest BCUT2D eigenvalue weighted by Crippen LogP contribution is 2.07. The highest BCUT2D eigenvalue weighted by molar-refractivity contribution is 7.90. The van der Waals surface area contributed by atoms with E-state index in [2.05, 4.69) is 21.5 Å². The van der Waals surface area contributed by atoms with E-state index in [-0.39, 0.29) is 13.2 Å². The molecule has 19 heavy (non-hydrogen) atoms. The molecule has 5 nitrogen and oxygen atoms in total. The lowest BCUT2D eigenvalue weighted by molar-refractivity contribution is 0.368. The molecule has 1 aromatic heterocycles. The standard InChI is InChI=1S/C13H18N2O3S/c1-11(2)19(16,17)15-8-4-5-9-18-13-7-6-12(3)14-10-13/h6-7,10-11,15H,8-9H2,1-3H3. The SMILES string of the molecule is Cc1ccc(OCC#CCNS(=O)(=O)C(C)C)cn1. The van der Waals surface area contributed by atoms with Gasteiger partial charge >= 0.3 is 0 Å². The first-order chi connectivity index (χ1) is 8.92. The van der Waals surface area contributed by atoms with Crippen molar-refractivity contribution < 1.29 is 13.2 Å². The fourth-order valence-electron chi connectivity index (χ4n) is 1.08. The molecule has 0 aromatic carbocycles. The Labute approximate surface area is 114 Å². The van der Waals surface area contributed by atoms with Gasteiger partial charge < -0.3 is 4.74 Å². The number of pyridine rings is 1. The number of hydrogen-bond acceptors (Lipinski definition) is 4. The Morgan fingerprint density at radius 3 is 2.68 bits per heavy atom. The van der Waals surface area contributed by atoms with Crippen molar-refractivity contribution >= 4 is 10.0 Å². The van der Waals surface area contributed by atoms with Crippen LogP contribution in [0, 0.1) is 18.8 Å². The third-order valence-corrected chi connectivity index (χ3v) is 4.09. The van der Waals surface area contributed by atoms with Crippen molar-refractivity contribution in [3.05, 3.63) is 24.0 Å². The highest BCUT2D eigenvalue weighted by atomic mass is 32.2. The molecule has 0 aliphatic rings. The zero-order valence-corrected chi connectivity index (χ0v) is 12.1. The Morgan fingerprint density at radius 2 is 2.11 bits per heavy atom. The molecule has 1 aromatic rings. The quantitative estimate of drug-likeness (QED) is 0.821. The van der Waals surface area contributed by atoms with Crippen LogP contribution in [0.15, 0.2) is 18.3 Å². The van der Waals surface area contributed by atoms with E-state index < -0.39 is 15.3 Å². The van der Waals surface area contributed by atoms with Gasteiger partial charge in [-0.05, 0) is 32.9 Å². The van der Waals surface area contributed by atoms with Gasteiger partial charge in [-0.1, -0.05) is 11.8 Å². The summed E-state index contributed by atoms with van der Waals surface area (Å²) in [5, 5.41) is -0.454. The van der Waals surface area contributed by atoms with Gasteiger partial charge in [0.2, 0.25) is 10.0 Å². The molecular formula is C13H18N2O3S. The molecule has 0 aliphatic carbocycles. The molecule has 6 heteroatoms. The van der Waals surface area contributed by atoms with Gasteiger partial charge in [0.05, 0.1) is 18.0 Å². The molecule has 0 radical (unpaired) electrons. The van der Waals surface area contributed by atoms with E-state index >= 15 is 0 Å². The molecule has 0 saturated heterocycles. The number of hydrogen-bond donors (Lipinski definition) is 1. The van der Waals surface area contributed by atoms with Crippen molar-refractivity contribution in [2.75, 3.05) is 13.2 Å². The Hall–Kier alpha value is -1.58. The zero-order valence-electron chi connectivity index (χ0n) is 11.3. The van der Waals surface area contributed by atoms with Gasteiger partial charge in [0.25, 0.3) is 0 Å². The van der Waals surface area contributed by atoms with Gasteiger partial charge in [-0.3, -0.25) is 4.98 Å². The van der Waals surface area contributed by atoms with Crippen LogP contribution in [0.2, 0.25) is 0 Å². The van der Waals surface area contributed by atoms with Gasteiger partial charge in [-0.25, -0.2) is 13.1 Å². The summed E-state index contributed by atoms with van der Waals surface area (Å²) in [6.45, 7) is 5.42. The molecule has 0 amide bonds. The van der Waals surface area contributed by atoms with Gasteiger partial charge in [0.15, 0.2) is 0 Å². The molecule has 0 aliphatic heterocycles. The summed E-state index contributed by atoms with van der Waals surface area (Å²) in [6.07, 6.45) is 1.62. The van der Waals surface area contributed by atoms with Crippen molar-refractivity contribution in [3.63, 3.8) is 0 Å². The number of nitrogens with one attached hydrogen (secondary N) is 1. The van der Waals surface area contributed by atoms with Crippen molar-refractivity contribution in [3.8, 4) is 17.6 Å². The summed E-state index contributed by atoms with van der Waals surface area (Å²) >= 11 is 0. The fourth-order valence-corrected chi connectivity index (χ4v) is 1.68. The van der Waals surface area contributed by atoms with Crippen LogP contribution >= 0.6 is 0 Å². The number of ether oxygens (including phenoxy) is 1. The average Bonchev–Trinajstić information content (AvgIpc) is 2.35. The smallest absolute Gasteiger partial charge is 0.214 e. The second-order valence-electron chi connectivity index (χ2n) is 4.19. The first kappa shape index (κ1) is 15.5. The van der Waals surface area contributed by atoms with E-state index in [1.54, 1.807) is 20.0 Å². The van der Waals surface area contributed by atoms with E-state index in [1.807, 2.05) is 19.1 Å². The maximum Gasteiger partial charge on any atom is 0.214 e. The Kier molecular flexibility index (Phi) is 5.80. The summed E-state index contributed by atoms with van der Waals surface area (Å²) in [5.41, 5.74) is 0.918. The zero-order chi connectivity index (χ0) is 14.3. The minimum Gasteiger partial charge on any atom is -0.479 e. The third kappa shape index (κ3) is 5.73. The van der Waals surface area contributed by atoms with Crippen molar-refractivity contribution in [1.29, 1.82) is 0 Å². The molecule has 0 spiro atoms. The van der Waals surface area contributed by atoms with Gasteiger partial charge in [-0.15, -0.1) is 0 Å². The molecule has 0 saturated carbocycles. The Bertz CT molecular complexity index is 554. The van der Waals surface area contributed by atoms with E-state index in [0.717, 1.165) is 5.69 Å². The van der Waals surface area contributed by atoms with E-state index in [4.69, 9.17) is 4.74 Å². The number of sulfonamides is 1. The Balaban J connectivity index is 2.31. The van der Waals surface area contributed by atoms with Crippen LogP contribution in [0.5, 0.6) is 5.75 Å². The van der Waals surface area contributed by atoms with Gasteiger partial charge in [-0.2, -0.15) is 0 Å². The predicted octanol–water partition coefficient (Wildman–Crippen LogP) is 1.10. The van der Waals surface area contributed by atoms with Crippen LogP contribution in [0.3, 0.4) is 0 Å². The van der Waals surface area contributed by atoms with Gasteiger partial charge in [0.1, 0.15) is 12.4 Å². The Morgan fingerprint density at radius 1 is 1.37 bits per heavy atom. The van der Waals surface area contributed by atoms with Crippen LogP contribution in [0.25, 0.3) is 0 Å². The molecule has 0 unspecified atom stereocenters. The maximum atomic E-state index is 11.4. The fraction of sp³-hybridized carbons (Fsp3) is 0.462. The van der Waals surface area contributed by atoms with Crippen molar-refractivity contribution in [2.24, 2.45) is 0 Å². The summed E-state index contributed by atoms with van der Waals surface area (Å²) in [7, 11) is -3.25. The first-order valence-corrected chi connectivity index (χ1v) is 7.46. The van der Waals surface area contributed by atoms with Crippen LogP contribution in [0.1, 0.15) is 19.5 Å². The van der Waals surface area contributed by atoms with Crippen molar-refractivity contribution in [2.45, 2.75) is 26.0 Å².